The zero-order chi connectivity index (χ0) is 22.4. The number of amides is 1. The third-order valence-corrected chi connectivity index (χ3v) is 5.49. The highest BCUT2D eigenvalue weighted by molar-refractivity contribution is 5.90. The topological polar surface area (TPSA) is 85.7 Å². The number of aryl methyl sites for hydroxylation is 3. The van der Waals surface area contributed by atoms with Crippen molar-refractivity contribution in [2.24, 2.45) is 0 Å². The van der Waals surface area contributed by atoms with Gasteiger partial charge in [-0.15, -0.1) is 5.10 Å². The van der Waals surface area contributed by atoms with Gasteiger partial charge in [0.15, 0.2) is 5.65 Å². The summed E-state index contributed by atoms with van der Waals surface area (Å²) >= 11 is 0. The van der Waals surface area contributed by atoms with E-state index in [1.54, 1.807) is 16.9 Å². The average Bonchev–Trinajstić information content (AvgIpc) is 3.33. The van der Waals surface area contributed by atoms with Gasteiger partial charge in [-0.2, -0.15) is 5.10 Å². The van der Waals surface area contributed by atoms with E-state index in [-0.39, 0.29) is 18.1 Å². The van der Waals surface area contributed by atoms with Gasteiger partial charge in [0.25, 0.3) is 0 Å². The molecule has 0 atom stereocenters. The van der Waals surface area contributed by atoms with Crippen LogP contribution in [0.4, 0.5) is 5.69 Å². The summed E-state index contributed by atoms with van der Waals surface area (Å²) in [5, 5.41) is 11.9. The molecular weight excluding hydrogens is 404 g/mol. The Morgan fingerprint density at radius 1 is 0.938 bits per heavy atom. The van der Waals surface area contributed by atoms with Gasteiger partial charge in [0.05, 0.1) is 5.69 Å². The number of benzene rings is 2. The third kappa shape index (κ3) is 3.45. The zero-order valence-corrected chi connectivity index (χ0v) is 18.0. The molecule has 0 aliphatic rings. The third-order valence-electron chi connectivity index (χ3n) is 5.49. The summed E-state index contributed by atoms with van der Waals surface area (Å²) in [4.78, 5) is 25.3. The molecular formula is C24H22N6O2. The van der Waals surface area contributed by atoms with Crippen molar-refractivity contribution in [3.8, 4) is 11.3 Å². The zero-order valence-electron chi connectivity index (χ0n) is 18.0. The highest BCUT2D eigenvalue weighted by atomic mass is 16.2. The van der Waals surface area contributed by atoms with Gasteiger partial charge < -0.3 is 5.32 Å². The molecule has 0 saturated heterocycles. The first-order valence-corrected chi connectivity index (χ1v) is 10.3. The van der Waals surface area contributed by atoms with E-state index < -0.39 is 0 Å². The fourth-order valence-electron chi connectivity index (χ4n) is 3.75. The summed E-state index contributed by atoms with van der Waals surface area (Å²) in [7, 11) is 0. The average molecular weight is 426 g/mol. The van der Waals surface area contributed by atoms with E-state index >= 15 is 0 Å². The molecule has 0 radical (unpaired) electrons. The Hall–Kier alpha value is -4.20. The largest absolute Gasteiger partial charge is 0.350 e. The van der Waals surface area contributed by atoms with E-state index in [1.165, 1.54) is 9.08 Å². The molecule has 8 nitrogen and oxygen atoms in total. The van der Waals surface area contributed by atoms with Crippen LogP contribution >= 0.6 is 0 Å². The van der Waals surface area contributed by atoms with E-state index in [9.17, 15) is 9.59 Å². The standard InChI is InChI=1S/C24H22N6O2/c1-15-5-8-18(9-6-15)25-22(31)14-30-24(32)28-10-11-29-21(23(28)27-30)13-20(26-29)19-12-16(2)4-7-17(19)3/h4-13H,14H2,1-3H3,(H,25,31). The van der Waals surface area contributed by atoms with Crippen LogP contribution in [0.2, 0.25) is 0 Å². The van der Waals surface area contributed by atoms with Crippen LogP contribution in [0.15, 0.2) is 65.7 Å². The van der Waals surface area contributed by atoms with Crippen molar-refractivity contribution < 1.29 is 4.79 Å². The number of carbonyl (C=O) groups is 1. The van der Waals surface area contributed by atoms with E-state index in [1.807, 2.05) is 51.1 Å². The quantitative estimate of drug-likeness (QED) is 0.477. The van der Waals surface area contributed by atoms with Crippen molar-refractivity contribution in [3.63, 3.8) is 0 Å². The molecule has 160 valence electrons. The summed E-state index contributed by atoms with van der Waals surface area (Å²) < 4.78 is 4.31. The van der Waals surface area contributed by atoms with Crippen molar-refractivity contribution in [1.29, 1.82) is 0 Å². The monoisotopic (exact) mass is 426 g/mol. The number of hydrogen-bond donors (Lipinski definition) is 1. The molecule has 1 N–H and O–H groups in total. The number of nitrogens with zero attached hydrogens (tertiary/aromatic N) is 5. The molecule has 1 amide bonds. The molecule has 0 bridgehead atoms. The molecule has 0 saturated carbocycles. The van der Waals surface area contributed by atoms with E-state index in [0.29, 0.717) is 16.9 Å². The first kappa shape index (κ1) is 19.7. The second-order valence-corrected chi connectivity index (χ2v) is 8.02. The lowest BCUT2D eigenvalue weighted by molar-refractivity contribution is -0.117. The van der Waals surface area contributed by atoms with Crippen LogP contribution in [0.25, 0.3) is 22.4 Å². The summed E-state index contributed by atoms with van der Waals surface area (Å²) in [5.74, 6) is -0.319. The molecule has 0 unspecified atom stereocenters. The number of carbonyl (C=O) groups excluding carboxylic acids is 1. The lowest BCUT2D eigenvalue weighted by atomic mass is 10.0. The smallest absolute Gasteiger partial charge is 0.324 e. The first-order valence-electron chi connectivity index (χ1n) is 10.3. The van der Waals surface area contributed by atoms with Crippen LogP contribution in [0.1, 0.15) is 16.7 Å². The van der Waals surface area contributed by atoms with E-state index in [0.717, 1.165) is 27.9 Å². The minimum atomic E-state index is -0.379. The summed E-state index contributed by atoms with van der Waals surface area (Å²) in [5.41, 5.74) is 6.64. The highest BCUT2D eigenvalue weighted by Crippen LogP contribution is 2.25. The van der Waals surface area contributed by atoms with Gasteiger partial charge in [-0.1, -0.05) is 35.4 Å². The minimum Gasteiger partial charge on any atom is -0.324 e. The van der Waals surface area contributed by atoms with Crippen molar-refractivity contribution in [2.45, 2.75) is 27.3 Å². The van der Waals surface area contributed by atoms with Gasteiger partial charge >= 0.3 is 5.69 Å². The van der Waals surface area contributed by atoms with Crippen LogP contribution in [-0.2, 0) is 11.3 Å². The summed E-state index contributed by atoms with van der Waals surface area (Å²) in [6, 6.07) is 15.6. The van der Waals surface area contributed by atoms with Crippen molar-refractivity contribution in [1.82, 2.24) is 23.8 Å². The molecule has 0 fully saturated rings. The molecule has 0 spiro atoms. The van der Waals surface area contributed by atoms with Gasteiger partial charge in [-0.05, 0) is 50.6 Å². The Bertz CT molecular complexity index is 1540. The van der Waals surface area contributed by atoms with Crippen LogP contribution in [0, 0.1) is 20.8 Å². The van der Waals surface area contributed by atoms with E-state index in [2.05, 4.69) is 33.7 Å². The molecule has 8 heteroatoms. The van der Waals surface area contributed by atoms with Crippen LogP contribution < -0.4 is 11.0 Å². The maximum Gasteiger partial charge on any atom is 0.350 e. The molecule has 2 aromatic carbocycles. The fraction of sp³-hybridized carbons (Fsp3) is 0.167. The number of aromatic nitrogens is 5. The predicted octanol–water partition coefficient (Wildman–Crippen LogP) is 3.37. The van der Waals surface area contributed by atoms with Crippen molar-refractivity contribution in [2.75, 3.05) is 5.32 Å². The number of anilines is 1. The summed E-state index contributed by atoms with van der Waals surface area (Å²) in [6.45, 7) is 5.88. The number of fused-ring (bicyclic) bond motifs is 3. The van der Waals surface area contributed by atoms with Gasteiger partial charge in [-0.25, -0.2) is 18.4 Å². The maximum atomic E-state index is 12.8. The SMILES string of the molecule is Cc1ccc(NC(=O)Cn2nc3c4cc(-c5cc(C)ccc5C)nn4ccn3c2=O)cc1. The Labute approximate surface area is 183 Å². The van der Waals surface area contributed by atoms with Gasteiger partial charge in [-0.3, -0.25) is 4.79 Å². The van der Waals surface area contributed by atoms with Crippen LogP contribution in [-0.4, -0.2) is 29.7 Å². The van der Waals surface area contributed by atoms with Gasteiger partial charge in [0, 0.05) is 23.6 Å². The number of nitrogens with one attached hydrogen (secondary N) is 1. The summed E-state index contributed by atoms with van der Waals surface area (Å²) in [6.07, 6.45) is 3.34. The molecule has 0 aliphatic carbocycles. The number of rotatable bonds is 4. The molecule has 3 aromatic heterocycles. The maximum absolute atomic E-state index is 12.8. The molecule has 32 heavy (non-hydrogen) atoms. The normalized spacial score (nSPS) is 11.3. The molecule has 3 heterocycles. The van der Waals surface area contributed by atoms with Crippen molar-refractivity contribution in [3.05, 3.63) is 88.1 Å². The van der Waals surface area contributed by atoms with Crippen molar-refractivity contribution >= 4 is 22.8 Å². The Morgan fingerprint density at radius 3 is 2.47 bits per heavy atom. The second kappa shape index (κ2) is 7.49. The molecule has 5 rings (SSSR count). The Kier molecular flexibility index (Phi) is 4.62. The van der Waals surface area contributed by atoms with Crippen LogP contribution in [0.5, 0.6) is 0 Å². The minimum absolute atomic E-state index is 0.182. The first-order chi connectivity index (χ1) is 15.4. The van der Waals surface area contributed by atoms with E-state index in [4.69, 9.17) is 0 Å². The number of hydrogen-bond acceptors (Lipinski definition) is 4. The highest BCUT2D eigenvalue weighted by Gasteiger charge is 2.16. The Morgan fingerprint density at radius 2 is 1.69 bits per heavy atom. The lowest BCUT2D eigenvalue weighted by Gasteiger charge is -2.04. The Balaban J connectivity index is 1.51. The van der Waals surface area contributed by atoms with Gasteiger partial charge in [0.2, 0.25) is 5.91 Å². The molecule has 5 aromatic rings. The van der Waals surface area contributed by atoms with Gasteiger partial charge in [0.1, 0.15) is 12.1 Å². The predicted molar refractivity (Wildman–Crippen MR) is 123 cm³/mol. The lowest BCUT2D eigenvalue weighted by Crippen LogP contribution is -2.28. The second-order valence-electron chi connectivity index (χ2n) is 8.02. The fourth-order valence-corrected chi connectivity index (χ4v) is 3.75. The molecule has 0 aliphatic heterocycles. The van der Waals surface area contributed by atoms with Crippen LogP contribution in [0.3, 0.4) is 0 Å².